The lowest BCUT2D eigenvalue weighted by Crippen LogP contribution is -2.52. The third-order valence-corrected chi connectivity index (χ3v) is 9.87. The first-order valence-corrected chi connectivity index (χ1v) is 20.9. The zero-order valence-electron chi connectivity index (χ0n) is 35.3. The number of aryl methyl sites for hydroxylation is 1. The fourth-order valence-corrected chi connectivity index (χ4v) is 6.29. The lowest BCUT2D eigenvalue weighted by molar-refractivity contribution is -0.142. The van der Waals surface area contributed by atoms with Crippen LogP contribution in [-0.2, 0) is 59.0 Å². The van der Waals surface area contributed by atoms with Gasteiger partial charge in [0.25, 0.3) is 5.91 Å². The minimum Gasteiger partial charge on any atom is -0.481 e. The fraction of sp³-hybridized carbons (Fsp3) is 0.634. The maximum Gasteiger partial charge on any atom is 0.326 e. The van der Waals surface area contributed by atoms with Crippen LogP contribution in [0.3, 0.4) is 0 Å². The third kappa shape index (κ3) is 22.8. The fourth-order valence-electron chi connectivity index (χ4n) is 6.29. The Morgan fingerprint density at radius 2 is 1.29 bits per heavy atom. The van der Waals surface area contributed by atoms with Crippen LogP contribution in [0.2, 0.25) is 0 Å². The molecule has 0 saturated heterocycles. The first-order chi connectivity index (χ1) is 29.7. The number of aliphatic carboxylic acids is 2. The Kier molecular flexibility index (Phi) is 25.7. The molecular weight excluding hydrogens is 814 g/mol. The number of nitrogens with two attached hydrogens (primary N) is 1. The van der Waals surface area contributed by atoms with E-state index < -0.39 is 67.2 Å². The summed E-state index contributed by atoms with van der Waals surface area (Å²) in [4.78, 5) is 109. The molecule has 346 valence electrons. The molecule has 7 amide bonds. The Labute approximate surface area is 360 Å². The number of ether oxygens (including phenoxy) is 3. The van der Waals surface area contributed by atoms with Crippen LogP contribution in [-0.4, -0.2) is 141 Å². The second-order valence-corrected chi connectivity index (χ2v) is 14.6. The van der Waals surface area contributed by atoms with Gasteiger partial charge in [0, 0.05) is 43.3 Å². The van der Waals surface area contributed by atoms with Gasteiger partial charge in [-0.15, -0.1) is 0 Å². The van der Waals surface area contributed by atoms with E-state index in [2.05, 4.69) is 31.9 Å². The molecule has 0 aromatic heterocycles. The number of unbranched alkanes of at least 4 members (excludes halogenated alkanes) is 1. The van der Waals surface area contributed by atoms with E-state index in [0.717, 1.165) is 12.0 Å². The number of nitrogens with one attached hydrogen (secondary N) is 6. The lowest BCUT2D eigenvalue weighted by atomic mass is 9.81. The summed E-state index contributed by atoms with van der Waals surface area (Å²) in [5.74, 6) is -6.50. The van der Waals surface area contributed by atoms with E-state index in [1.54, 1.807) is 18.2 Å². The molecule has 1 unspecified atom stereocenters. The number of carboxylic acid groups (broad SMARTS) is 2. The average Bonchev–Trinajstić information content (AvgIpc) is 3.25. The molecule has 2 atom stereocenters. The van der Waals surface area contributed by atoms with Crippen LogP contribution in [0.15, 0.2) is 24.3 Å². The van der Waals surface area contributed by atoms with Crippen LogP contribution in [0.25, 0.3) is 0 Å². The highest BCUT2D eigenvalue weighted by Gasteiger charge is 2.29. The van der Waals surface area contributed by atoms with E-state index in [0.29, 0.717) is 70.4 Å². The number of carbonyl (C=O) groups excluding carboxylic acids is 7. The van der Waals surface area contributed by atoms with Crippen LogP contribution < -0.4 is 37.6 Å². The quantitative estimate of drug-likeness (QED) is 0.0399. The predicted molar refractivity (Wildman–Crippen MR) is 221 cm³/mol. The van der Waals surface area contributed by atoms with Gasteiger partial charge in [-0.2, -0.15) is 0 Å². The molecule has 21 nitrogen and oxygen atoms in total. The summed E-state index contributed by atoms with van der Waals surface area (Å²) in [5, 5.41) is 33.6. The Hall–Kier alpha value is -5.67. The van der Waals surface area contributed by atoms with Crippen LogP contribution in [0.5, 0.6) is 0 Å². The van der Waals surface area contributed by atoms with Crippen molar-refractivity contribution in [2.75, 3.05) is 65.8 Å². The van der Waals surface area contributed by atoms with Crippen molar-refractivity contribution in [2.24, 2.45) is 17.6 Å². The van der Waals surface area contributed by atoms with Crippen LogP contribution in [0.4, 0.5) is 0 Å². The summed E-state index contributed by atoms with van der Waals surface area (Å²) in [6.07, 6.45) is 3.23. The number of carboxylic acids is 2. The van der Waals surface area contributed by atoms with Crippen molar-refractivity contribution in [3.8, 4) is 0 Å². The highest BCUT2D eigenvalue weighted by atomic mass is 16.5. The highest BCUT2D eigenvalue weighted by molar-refractivity contribution is 5.94. The summed E-state index contributed by atoms with van der Waals surface area (Å²) in [5.41, 5.74) is 6.87. The highest BCUT2D eigenvalue weighted by Crippen LogP contribution is 2.28. The molecule has 0 bridgehead atoms. The SMILES string of the molecule is CCc1cccc(C(=O)NCCCCC(NC(=O)CNC(=O)[C@@H](CCC(=O)O)NC(=O)CNC(=O)CCOCCOCCOCCNC(=O)C2CCC(C(N)=O)CC2)C(=O)O)c1. The number of carbonyl (C=O) groups is 9. The smallest absolute Gasteiger partial charge is 0.326 e. The first-order valence-electron chi connectivity index (χ1n) is 20.9. The monoisotopic (exact) mass is 877 g/mol. The zero-order valence-corrected chi connectivity index (χ0v) is 35.3. The van der Waals surface area contributed by atoms with E-state index in [1.807, 2.05) is 13.0 Å². The standard InChI is InChI=1S/C41H63N7O14/c1-2-27-6-5-7-30(24-27)39(56)43-16-4-3-8-32(41(58)59)48-35(51)26-46-40(57)31(13-14-36(52)53)47-34(50)25-45-33(49)15-18-60-20-22-62-23-21-61-19-17-44-38(55)29-11-9-28(10-12-29)37(42)54/h5-7,24,28-29,31-32H,2-4,8-23,25-26H2,1H3,(H2,42,54)(H,43,56)(H,44,55)(H,45,49)(H,46,57)(H,47,50)(H,48,51)(H,52,53)(H,58,59)/t28?,29?,31-,32?/m1/s1. The van der Waals surface area contributed by atoms with Crippen molar-refractivity contribution < 1.29 is 67.6 Å². The summed E-state index contributed by atoms with van der Waals surface area (Å²) < 4.78 is 16.2. The molecule has 1 aliphatic carbocycles. The van der Waals surface area contributed by atoms with Gasteiger partial charge in [0.1, 0.15) is 12.1 Å². The molecule has 1 aliphatic rings. The van der Waals surface area contributed by atoms with Crippen molar-refractivity contribution in [2.45, 2.75) is 89.6 Å². The molecule has 1 saturated carbocycles. The van der Waals surface area contributed by atoms with Gasteiger partial charge in [0.2, 0.25) is 35.4 Å². The summed E-state index contributed by atoms with van der Waals surface area (Å²) in [6, 6.07) is 4.56. The maximum absolute atomic E-state index is 12.8. The molecule has 0 radical (unpaired) electrons. The van der Waals surface area contributed by atoms with E-state index in [-0.39, 0.29) is 75.2 Å². The first kappa shape index (κ1) is 52.5. The van der Waals surface area contributed by atoms with Gasteiger partial charge in [-0.3, -0.25) is 38.4 Å². The molecule has 62 heavy (non-hydrogen) atoms. The summed E-state index contributed by atoms with van der Waals surface area (Å²) >= 11 is 0. The maximum atomic E-state index is 12.8. The van der Waals surface area contributed by atoms with Crippen molar-refractivity contribution in [3.05, 3.63) is 35.4 Å². The number of primary amides is 1. The largest absolute Gasteiger partial charge is 0.481 e. The van der Waals surface area contributed by atoms with Crippen LogP contribution in [0, 0.1) is 11.8 Å². The Balaban J connectivity index is 1.57. The normalized spacial score (nSPS) is 15.6. The molecule has 21 heteroatoms. The number of amides is 7. The topological polar surface area (TPSA) is 320 Å². The second-order valence-electron chi connectivity index (χ2n) is 14.6. The Morgan fingerprint density at radius 1 is 0.677 bits per heavy atom. The van der Waals surface area contributed by atoms with Crippen molar-refractivity contribution in [1.82, 2.24) is 31.9 Å². The van der Waals surface area contributed by atoms with Gasteiger partial charge in [0.05, 0.1) is 52.7 Å². The number of hydrogen-bond donors (Lipinski definition) is 9. The summed E-state index contributed by atoms with van der Waals surface area (Å²) in [6.45, 7) is 2.77. The van der Waals surface area contributed by atoms with Gasteiger partial charge in [0.15, 0.2) is 0 Å². The van der Waals surface area contributed by atoms with Crippen molar-refractivity contribution >= 4 is 53.3 Å². The van der Waals surface area contributed by atoms with Crippen molar-refractivity contribution in [3.63, 3.8) is 0 Å². The zero-order chi connectivity index (χ0) is 45.7. The van der Waals surface area contributed by atoms with Gasteiger partial charge in [-0.25, -0.2) is 4.79 Å². The van der Waals surface area contributed by atoms with Gasteiger partial charge < -0.3 is 62.1 Å². The molecule has 1 fully saturated rings. The molecule has 0 aliphatic heterocycles. The average molecular weight is 878 g/mol. The number of hydrogen-bond acceptors (Lipinski definition) is 12. The molecule has 1 aromatic carbocycles. The molecule has 1 aromatic rings. The van der Waals surface area contributed by atoms with Crippen LogP contribution in [0.1, 0.15) is 87.1 Å². The Morgan fingerprint density at radius 3 is 1.92 bits per heavy atom. The number of benzene rings is 1. The second kappa shape index (κ2) is 30.4. The molecule has 10 N–H and O–H groups in total. The number of rotatable bonds is 32. The Bertz CT molecular complexity index is 1640. The minimum atomic E-state index is -1.38. The minimum absolute atomic E-state index is 0.0262. The van der Waals surface area contributed by atoms with Gasteiger partial charge in [-0.05, 0) is 75.5 Å². The van der Waals surface area contributed by atoms with Gasteiger partial charge >= 0.3 is 11.9 Å². The molecular formula is C41H63N7O14. The molecule has 0 spiro atoms. The van der Waals surface area contributed by atoms with Crippen molar-refractivity contribution in [1.29, 1.82) is 0 Å². The molecule has 2 rings (SSSR count). The lowest BCUT2D eigenvalue weighted by Gasteiger charge is -2.25. The predicted octanol–water partition coefficient (Wildman–Crippen LogP) is -0.852. The third-order valence-electron chi connectivity index (χ3n) is 9.87. The van der Waals surface area contributed by atoms with E-state index in [1.165, 1.54) is 0 Å². The van der Waals surface area contributed by atoms with E-state index in [4.69, 9.17) is 25.1 Å². The van der Waals surface area contributed by atoms with Crippen LogP contribution >= 0.6 is 0 Å². The van der Waals surface area contributed by atoms with E-state index in [9.17, 15) is 48.3 Å². The van der Waals surface area contributed by atoms with Gasteiger partial charge in [-0.1, -0.05) is 19.1 Å². The summed E-state index contributed by atoms with van der Waals surface area (Å²) in [7, 11) is 0. The van der Waals surface area contributed by atoms with E-state index >= 15 is 0 Å². The molecule has 0 heterocycles.